The Kier molecular flexibility index (Phi) is 8.97. The molecule has 0 aliphatic carbocycles. The predicted octanol–water partition coefficient (Wildman–Crippen LogP) is 4.82. The van der Waals surface area contributed by atoms with Crippen molar-refractivity contribution >= 4 is 40.9 Å². The second-order valence-corrected chi connectivity index (χ2v) is 9.30. The molecule has 0 saturated heterocycles. The molecule has 0 fully saturated rings. The number of carbonyl (C=O) groups is 1. The van der Waals surface area contributed by atoms with Crippen LogP contribution in [-0.2, 0) is 9.53 Å². The predicted molar refractivity (Wildman–Crippen MR) is 113 cm³/mol. The fourth-order valence-corrected chi connectivity index (χ4v) is 3.71. The van der Waals surface area contributed by atoms with E-state index in [-0.39, 0.29) is 17.8 Å². The van der Waals surface area contributed by atoms with Gasteiger partial charge in [-0.3, -0.25) is 4.79 Å². The van der Waals surface area contributed by atoms with E-state index < -0.39 is 4.75 Å². The maximum absolute atomic E-state index is 12.1. The van der Waals surface area contributed by atoms with Gasteiger partial charge in [-0.15, -0.1) is 0 Å². The summed E-state index contributed by atoms with van der Waals surface area (Å²) in [5.74, 6) is -0.294. The quantitative estimate of drug-likeness (QED) is 0.326. The van der Waals surface area contributed by atoms with E-state index in [1.807, 2.05) is 44.2 Å². The molecular weight excluding hydrogens is 364 g/mol. The molecule has 1 atom stereocenters. The van der Waals surface area contributed by atoms with Crippen LogP contribution in [0.2, 0.25) is 0 Å². The molecule has 4 nitrogen and oxygen atoms in total. The third-order valence-electron chi connectivity index (χ3n) is 3.94. The minimum absolute atomic E-state index is 0.140. The molecule has 26 heavy (non-hydrogen) atoms. The lowest BCUT2D eigenvalue weighted by Crippen LogP contribution is -2.25. The Morgan fingerprint density at radius 2 is 1.96 bits per heavy atom. The Morgan fingerprint density at radius 3 is 2.54 bits per heavy atom. The number of esters is 1. The molecular formula is C20H26N2O2S2. The topological polar surface area (TPSA) is 62.4 Å². The van der Waals surface area contributed by atoms with Crippen LogP contribution in [0.3, 0.4) is 0 Å². The third-order valence-corrected chi connectivity index (χ3v) is 5.59. The van der Waals surface area contributed by atoms with Crippen LogP contribution in [0, 0.1) is 16.7 Å². The molecule has 0 radical (unpaired) electrons. The normalized spacial score (nSPS) is 13.3. The van der Waals surface area contributed by atoms with E-state index >= 15 is 0 Å². The highest BCUT2D eigenvalue weighted by molar-refractivity contribution is 8.24. The highest BCUT2D eigenvalue weighted by Crippen LogP contribution is 2.33. The van der Waals surface area contributed by atoms with Gasteiger partial charge in [0.25, 0.3) is 0 Å². The SMILES string of the molecule is C=NCCC(C)(C)COC(=O)CCC(C)(C#N)SC(=S)c1ccccc1. The van der Waals surface area contributed by atoms with Crippen LogP contribution in [0.5, 0.6) is 0 Å². The first-order valence-corrected chi connectivity index (χ1v) is 9.72. The molecule has 0 saturated carbocycles. The van der Waals surface area contributed by atoms with E-state index in [9.17, 15) is 10.1 Å². The van der Waals surface area contributed by atoms with Gasteiger partial charge in [0.1, 0.15) is 4.75 Å². The summed E-state index contributed by atoms with van der Waals surface area (Å²) in [7, 11) is 0. The molecule has 1 unspecified atom stereocenters. The number of hydrogen-bond donors (Lipinski definition) is 0. The minimum Gasteiger partial charge on any atom is -0.465 e. The highest BCUT2D eigenvalue weighted by atomic mass is 32.2. The van der Waals surface area contributed by atoms with Crippen molar-refractivity contribution in [2.75, 3.05) is 13.2 Å². The van der Waals surface area contributed by atoms with E-state index in [1.165, 1.54) is 11.8 Å². The van der Waals surface area contributed by atoms with Crippen molar-refractivity contribution in [1.82, 2.24) is 0 Å². The van der Waals surface area contributed by atoms with Gasteiger partial charge in [0.2, 0.25) is 0 Å². The van der Waals surface area contributed by atoms with Crippen LogP contribution < -0.4 is 0 Å². The summed E-state index contributed by atoms with van der Waals surface area (Å²) in [5.41, 5.74) is 0.771. The van der Waals surface area contributed by atoms with Crippen molar-refractivity contribution in [2.24, 2.45) is 10.4 Å². The van der Waals surface area contributed by atoms with E-state index in [4.69, 9.17) is 17.0 Å². The zero-order valence-electron chi connectivity index (χ0n) is 15.7. The van der Waals surface area contributed by atoms with Gasteiger partial charge in [-0.25, -0.2) is 0 Å². The van der Waals surface area contributed by atoms with Crippen LogP contribution >= 0.6 is 24.0 Å². The molecule has 1 rings (SSSR count). The summed E-state index contributed by atoms with van der Waals surface area (Å²) in [6.45, 7) is 10.3. The Balaban J connectivity index is 2.51. The van der Waals surface area contributed by atoms with Gasteiger partial charge in [0.15, 0.2) is 0 Å². The zero-order chi connectivity index (χ0) is 19.6. The van der Waals surface area contributed by atoms with Gasteiger partial charge in [-0.1, -0.05) is 68.2 Å². The number of rotatable bonds is 10. The van der Waals surface area contributed by atoms with E-state index in [0.29, 0.717) is 23.8 Å². The Labute approximate surface area is 166 Å². The highest BCUT2D eigenvalue weighted by Gasteiger charge is 2.29. The summed E-state index contributed by atoms with van der Waals surface area (Å²) < 4.78 is 5.27. The van der Waals surface area contributed by atoms with Gasteiger partial charge in [-0.2, -0.15) is 5.26 Å². The van der Waals surface area contributed by atoms with Crippen molar-refractivity contribution in [3.8, 4) is 6.07 Å². The second-order valence-electron chi connectivity index (χ2n) is 7.12. The first-order valence-electron chi connectivity index (χ1n) is 8.49. The molecule has 0 aliphatic rings. The van der Waals surface area contributed by atoms with Crippen molar-refractivity contribution in [3.05, 3.63) is 35.9 Å². The van der Waals surface area contributed by atoms with E-state index in [0.717, 1.165) is 12.0 Å². The minimum atomic E-state index is -0.770. The summed E-state index contributed by atoms with van der Waals surface area (Å²) in [6, 6.07) is 11.9. The number of nitriles is 1. The first kappa shape index (κ1) is 22.3. The summed E-state index contributed by atoms with van der Waals surface area (Å²) >= 11 is 6.76. The Hall–Kier alpha value is -1.71. The number of carbonyl (C=O) groups excluding carboxylic acids is 1. The van der Waals surface area contributed by atoms with Gasteiger partial charge in [-0.05, 0) is 32.0 Å². The lowest BCUT2D eigenvalue weighted by atomic mass is 9.90. The molecule has 0 bridgehead atoms. The fourth-order valence-electron chi connectivity index (χ4n) is 2.11. The fraction of sp³-hybridized carbons (Fsp3) is 0.500. The van der Waals surface area contributed by atoms with Gasteiger partial charge >= 0.3 is 5.97 Å². The number of nitrogens with zero attached hydrogens (tertiary/aromatic N) is 2. The molecule has 0 amide bonds. The number of thioether (sulfide) groups is 1. The van der Waals surface area contributed by atoms with Crippen molar-refractivity contribution in [2.45, 2.75) is 44.8 Å². The Bertz CT molecular complexity index is 668. The number of thiocarbonyl (C=S) groups is 1. The van der Waals surface area contributed by atoms with Crippen LogP contribution in [0.1, 0.15) is 45.6 Å². The standard InChI is InChI=1S/C20H26N2O2S2/c1-19(2,12-13-22-4)15-24-17(23)10-11-20(3,14-21)26-18(25)16-8-6-5-7-9-16/h5-9H,4,10-13,15H2,1-3H3. The van der Waals surface area contributed by atoms with Crippen molar-refractivity contribution in [1.29, 1.82) is 5.26 Å². The van der Waals surface area contributed by atoms with E-state index in [1.54, 1.807) is 6.92 Å². The number of benzene rings is 1. The van der Waals surface area contributed by atoms with Gasteiger partial charge in [0.05, 0.1) is 16.9 Å². The second kappa shape index (κ2) is 10.4. The summed E-state index contributed by atoms with van der Waals surface area (Å²) in [4.78, 5) is 15.9. The number of hydrogen-bond acceptors (Lipinski definition) is 6. The maximum atomic E-state index is 12.1. The molecule has 0 aromatic heterocycles. The van der Waals surface area contributed by atoms with Crippen LogP contribution in [0.15, 0.2) is 35.3 Å². The van der Waals surface area contributed by atoms with Crippen molar-refractivity contribution < 1.29 is 9.53 Å². The third kappa shape index (κ3) is 8.11. The van der Waals surface area contributed by atoms with Crippen LogP contribution in [-0.4, -0.2) is 34.8 Å². The molecule has 140 valence electrons. The molecule has 0 spiro atoms. The summed E-state index contributed by atoms with van der Waals surface area (Å²) in [6.07, 6.45) is 1.37. The molecule has 0 aliphatic heterocycles. The monoisotopic (exact) mass is 390 g/mol. The lowest BCUT2D eigenvalue weighted by Gasteiger charge is -2.24. The zero-order valence-corrected chi connectivity index (χ0v) is 17.3. The van der Waals surface area contributed by atoms with Crippen LogP contribution in [0.25, 0.3) is 0 Å². The van der Waals surface area contributed by atoms with Gasteiger partial charge < -0.3 is 9.73 Å². The first-order chi connectivity index (χ1) is 12.2. The smallest absolute Gasteiger partial charge is 0.305 e. The number of ether oxygens (including phenoxy) is 1. The average molecular weight is 391 g/mol. The average Bonchev–Trinajstić information content (AvgIpc) is 2.64. The molecule has 1 aromatic rings. The Morgan fingerprint density at radius 1 is 1.31 bits per heavy atom. The molecule has 1 aromatic carbocycles. The molecule has 6 heteroatoms. The number of aliphatic imine (C=N–C) groups is 1. The summed E-state index contributed by atoms with van der Waals surface area (Å²) in [5, 5.41) is 9.55. The molecule has 0 heterocycles. The van der Waals surface area contributed by atoms with E-state index in [2.05, 4.69) is 17.8 Å². The molecule has 0 N–H and O–H groups in total. The van der Waals surface area contributed by atoms with Crippen molar-refractivity contribution in [3.63, 3.8) is 0 Å². The lowest BCUT2D eigenvalue weighted by molar-refractivity contribution is -0.147. The van der Waals surface area contributed by atoms with Gasteiger partial charge in [0, 0.05) is 18.4 Å². The van der Waals surface area contributed by atoms with Crippen LogP contribution in [0.4, 0.5) is 0 Å². The largest absolute Gasteiger partial charge is 0.465 e. The maximum Gasteiger partial charge on any atom is 0.305 e.